The van der Waals surface area contributed by atoms with Crippen molar-refractivity contribution in [2.24, 2.45) is 0 Å². The first-order chi connectivity index (χ1) is 40.5. The van der Waals surface area contributed by atoms with Gasteiger partial charge >= 0.3 is 17.9 Å². The van der Waals surface area contributed by atoms with Crippen LogP contribution in [0.3, 0.4) is 0 Å². The number of thioether (sulfide) groups is 1. The third kappa shape index (κ3) is 16.2. The Bertz CT molecular complexity index is 3600. The summed E-state index contributed by atoms with van der Waals surface area (Å²) >= 11 is 0.882. The van der Waals surface area contributed by atoms with Crippen molar-refractivity contribution in [3.8, 4) is 22.5 Å². The predicted molar refractivity (Wildman–Crippen MR) is 310 cm³/mol. The molecular formula is C61H63N7O16S. The maximum Gasteiger partial charge on any atom is 0.320 e. The Labute approximate surface area is 491 Å². The molecule has 1 fully saturated rings. The van der Waals surface area contributed by atoms with Gasteiger partial charge in [0.15, 0.2) is 5.78 Å². The summed E-state index contributed by atoms with van der Waals surface area (Å²) in [7, 11) is 3.73. The normalized spacial score (nSPS) is 13.8. The van der Waals surface area contributed by atoms with Crippen molar-refractivity contribution >= 4 is 93.5 Å². The minimum Gasteiger partial charge on any atom is -0.545 e. The van der Waals surface area contributed by atoms with Crippen LogP contribution in [0.25, 0.3) is 33.4 Å². The Morgan fingerprint density at radius 2 is 1.42 bits per heavy atom. The van der Waals surface area contributed by atoms with Gasteiger partial charge < -0.3 is 50.9 Å². The van der Waals surface area contributed by atoms with Crippen LogP contribution in [0.4, 0.5) is 5.69 Å². The third-order valence-corrected chi connectivity index (χ3v) is 15.3. The van der Waals surface area contributed by atoms with E-state index in [-0.39, 0.29) is 78.5 Å². The second kappa shape index (κ2) is 28.6. The number of benzene rings is 5. The molecule has 3 atom stereocenters. The number of aromatic carboxylic acids is 1. The molecule has 4 aromatic rings. The van der Waals surface area contributed by atoms with E-state index in [1.807, 2.05) is 62.9 Å². The number of ketones is 1. The summed E-state index contributed by atoms with van der Waals surface area (Å²) in [5, 5.41) is 51.4. The third-order valence-electron chi connectivity index (χ3n) is 14.0. The summed E-state index contributed by atoms with van der Waals surface area (Å²) in [6.07, 6.45) is -0.911. The topological polar surface area (TPSA) is 342 Å². The number of hydrogen-bond donors (Lipinski definition) is 7. The molecule has 0 aromatic heterocycles. The SMILES string of the molecule is CC(C)c1ccc2c(-c3cc(N4C(=O)CC(SCC(NC(=O)CCC(=O)NCCCCC(C(=O)O)N(CC(=O)O)CC(=O)O)C(=O)NCNC(=O)c5ccc(C(=O)c6ccccc6)cc5)C4=O)ccc3C(=O)[O-])c3ccc(=[N+](C)C)cc-3oc2c1. The number of hydrogen-bond acceptors (Lipinski definition) is 15. The number of nitrogens with zero attached hydrogens (tertiary/aromatic N) is 3. The van der Waals surface area contributed by atoms with E-state index in [1.165, 1.54) is 42.5 Å². The molecule has 7 N–H and O–H groups in total. The molecule has 24 heteroatoms. The first-order valence-electron chi connectivity index (χ1n) is 27.1. The van der Waals surface area contributed by atoms with E-state index in [0.717, 1.165) is 32.5 Å². The van der Waals surface area contributed by atoms with Gasteiger partial charge in [-0.2, -0.15) is 0 Å². The average Bonchev–Trinajstić information content (AvgIpc) is 1.52. The molecule has 2 heterocycles. The molecule has 23 nitrogen and oxygen atoms in total. The molecule has 444 valence electrons. The van der Waals surface area contributed by atoms with Crippen molar-refractivity contribution in [2.75, 3.05) is 51.1 Å². The van der Waals surface area contributed by atoms with E-state index in [1.54, 1.807) is 36.4 Å². The van der Waals surface area contributed by atoms with Crippen LogP contribution in [0.1, 0.15) is 100 Å². The van der Waals surface area contributed by atoms with Gasteiger partial charge in [-0.1, -0.05) is 74.5 Å². The van der Waals surface area contributed by atoms with Gasteiger partial charge in [-0.15, -0.1) is 11.8 Å². The maximum atomic E-state index is 14.4. The lowest BCUT2D eigenvalue weighted by Gasteiger charge is -2.25. The number of anilines is 1. The zero-order chi connectivity index (χ0) is 61.6. The second-order valence-electron chi connectivity index (χ2n) is 20.6. The minimum atomic E-state index is -1.51. The molecular weight excluding hydrogens is 1120 g/mol. The van der Waals surface area contributed by atoms with Crippen molar-refractivity contribution in [2.45, 2.75) is 75.6 Å². The number of fused-ring (bicyclic) bond motifs is 2. The van der Waals surface area contributed by atoms with Crippen LogP contribution in [0, 0.1) is 0 Å². The van der Waals surface area contributed by atoms with E-state index in [2.05, 4.69) is 21.3 Å². The minimum absolute atomic E-state index is 0.0225. The first kappa shape index (κ1) is 63.0. The van der Waals surface area contributed by atoms with Crippen molar-refractivity contribution < 1.29 is 77.6 Å². The lowest BCUT2D eigenvalue weighted by atomic mass is 9.89. The molecule has 0 saturated carbocycles. The number of amides is 6. The summed E-state index contributed by atoms with van der Waals surface area (Å²) < 4.78 is 8.34. The number of nitrogens with one attached hydrogen (secondary N) is 4. The molecule has 1 saturated heterocycles. The molecule has 85 heavy (non-hydrogen) atoms. The molecule has 2 aliphatic heterocycles. The van der Waals surface area contributed by atoms with Crippen LogP contribution in [-0.2, 0) is 38.4 Å². The highest BCUT2D eigenvalue weighted by Crippen LogP contribution is 2.43. The number of rotatable bonds is 28. The van der Waals surface area contributed by atoms with Crippen LogP contribution in [0.5, 0.6) is 0 Å². The van der Waals surface area contributed by atoms with Crippen molar-refractivity contribution in [1.29, 1.82) is 0 Å². The standard InChI is InChI=1S/C61H63N7O16S/c1-34(2)38-17-20-42-47(26-38)84-48-28-39(66(3)4)18-22-43(48)55(42)44-27-40(19-21-41(44)60(80)81)68-52(71)29-49(59(68)79)85-32-45(58(78)64-33-63-57(77)37-15-13-36(14-16-37)56(76)35-10-6-5-7-11-35)65-51(70)24-23-50(69)62-25-9-8-12-46(61(82)83)67(30-53(72)73)31-54(74)75/h5-7,10-11,13-22,26-28,34,45-46,49H,8-9,12,23-25,29-33H2,1-4H3,(H7-,62,63,64,65,69,70,72,73,74,75,77,78,80,81,82,83). The molecule has 6 amide bonds. The summed E-state index contributed by atoms with van der Waals surface area (Å²) in [4.78, 5) is 144. The van der Waals surface area contributed by atoms with E-state index in [0.29, 0.717) is 39.0 Å². The largest absolute Gasteiger partial charge is 0.545 e. The number of imide groups is 1. The van der Waals surface area contributed by atoms with Crippen LogP contribution in [0.2, 0.25) is 0 Å². The summed E-state index contributed by atoms with van der Waals surface area (Å²) in [5.41, 5.74) is 3.37. The first-order valence-corrected chi connectivity index (χ1v) is 28.1. The van der Waals surface area contributed by atoms with Gasteiger partial charge in [-0.05, 0) is 72.7 Å². The Balaban J connectivity index is 1.05. The number of unbranched alkanes of at least 4 members (excludes halogenated alkanes) is 1. The highest BCUT2D eigenvalue weighted by molar-refractivity contribution is 8.00. The number of carbonyl (C=O) groups excluding carboxylic acids is 8. The molecule has 0 radical (unpaired) electrons. The smallest absolute Gasteiger partial charge is 0.320 e. The Kier molecular flexibility index (Phi) is 21.2. The molecule has 4 aromatic carbocycles. The predicted octanol–water partition coefficient (Wildman–Crippen LogP) is 3.30. The molecule has 7 rings (SSSR count). The fraction of sp³-hybridized carbons (Fsp3) is 0.311. The second-order valence-corrected chi connectivity index (χ2v) is 21.8. The molecule has 0 bridgehead atoms. The van der Waals surface area contributed by atoms with Gasteiger partial charge in [0.05, 0.1) is 42.7 Å². The molecule has 3 aliphatic rings. The van der Waals surface area contributed by atoms with E-state index in [9.17, 15) is 63.0 Å². The molecule has 3 unspecified atom stereocenters. The summed E-state index contributed by atoms with van der Waals surface area (Å²) in [6, 6.07) is 26.7. The van der Waals surface area contributed by atoms with E-state index in [4.69, 9.17) is 14.6 Å². The Morgan fingerprint density at radius 1 is 0.753 bits per heavy atom. The van der Waals surface area contributed by atoms with Gasteiger partial charge in [0.25, 0.3) is 5.91 Å². The highest BCUT2D eigenvalue weighted by Gasteiger charge is 2.41. The fourth-order valence-electron chi connectivity index (χ4n) is 9.60. The maximum absolute atomic E-state index is 14.4. The van der Waals surface area contributed by atoms with Gasteiger partial charge in [0.2, 0.25) is 34.9 Å². The fourth-order valence-corrected chi connectivity index (χ4v) is 10.8. The van der Waals surface area contributed by atoms with Gasteiger partial charge in [-0.3, -0.25) is 52.8 Å². The summed E-state index contributed by atoms with van der Waals surface area (Å²) in [5.74, 6) is -9.87. The lowest BCUT2D eigenvalue weighted by Crippen LogP contribution is -2.51. The average molecular weight is 1180 g/mol. The van der Waals surface area contributed by atoms with Crippen molar-refractivity contribution in [3.63, 3.8) is 0 Å². The number of carboxylic acids is 4. The Hall–Kier alpha value is -9.55. The monoisotopic (exact) mass is 1180 g/mol. The lowest BCUT2D eigenvalue weighted by molar-refractivity contribution is -0.255. The number of carbonyl (C=O) groups is 11. The van der Waals surface area contributed by atoms with Gasteiger partial charge in [-0.25, -0.2) is 9.48 Å². The number of carboxylic acid groups (broad SMARTS) is 4. The van der Waals surface area contributed by atoms with E-state index < -0.39 is 103 Å². The van der Waals surface area contributed by atoms with Crippen LogP contribution < -0.4 is 41.2 Å². The molecule has 1 aliphatic carbocycles. The van der Waals surface area contributed by atoms with Crippen LogP contribution in [-0.4, -0.2) is 149 Å². The Morgan fingerprint density at radius 3 is 2.07 bits per heavy atom. The van der Waals surface area contributed by atoms with Gasteiger partial charge in [0, 0.05) is 76.4 Å². The van der Waals surface area contributed by atoms with Crippen molar-refractivity contribution in [1.82, 2.24) is 30.7 Å². The van der Waals surface area contributed by atoms with Gasteiger partial charge in [0.1, 0.15) is 37.5 Å². The zero-order valence-corrected chi connectivity index (χ0v) is 47.7. The quantitative estimate of drug-likeness (QED) is 0.00925. The van der Waals surface area contributed by atoms with Crippen LogP contribution in [0.15, 0.2) is 114 Å². The highest BCUT2D eigenvalue weighted by atomic mass is 32.2. The number of aliphatic carboxylic acids is 3. The van der Waals surface area contributed by atoms with Crippen molar-refractivity contribution in [3.05, 3.63) is 142 Å². The van der Waals surface area contributed by atoms with Crippen LogP contribution >= 0.6 is 11.8 Å². The summed E-state index contributed by atoms with van der Waals surface area (Å²) in [6.45, 7) is 1.99. The zero-order valence-electron chi connectivity index (χ0n) is 46.9. The molecule has 0 spiro atoms. The van der Waals surface area contributed by atoms with E-state index >= 15 is 0 Å².